The van der Waals surface area contributed by atoms with Crippen molar-refractivity contribution in [1.82, 2.24) is 4.57 Å². The Morgan fingerprint density at radius 1 is 1.11 bits per heavy atom. The summed E-state index contributed by atoms with van der Waals surface area (Å²) in [5.41, 5.74) is 1.89. The molecule has 0 atom stereocenters. The number of hydrogen-bond donors (Lipinski definition) is 0. The second-order valence-corrected chi connectivity index (χ2v) is 4.24. The molecule has 0 fully saturated rings. The Morgan fingerprint density at radius 2 is 1.79 bits per heavy atom. The average Bonchev–Trinajstić information content (AvgIpc) is 2.43. The quantitative estimate of drug-likeness (QED) is 0.782. The van der Waals surface area contributed by atoms with Crippen LogP contribution in [0.5, 0.6) is 0 Å². The molecule has 2 rings (SSSR count). The molecule has 2 aromatic rings. The molecule has 0 N–H and O–H groups in total. The number of carbonyl (C=O) groups excluding carboxylic acids is 1. The van der Waals surface area contributed by atoms with Crippen molar-refractivity contribution < 1.29 is 9.53 Å². The van der Waals surface area contributed by atoms with Gasteiger partial charge >= 0.3 is 5.97 Å². The highest BCUT2D eigenvalue weighted by Crippen LogP contribution is 2.07. The highest BCUT2D eigenvalue weighted by Gasteiger charge is 2.03. The molecule has 0 amide bonds. The monoisotopic (exact) mass is 257 g/mol. The molecular weight excluding hydrogens is 242 g/mol. The SMILES string of the molecule is COC(=O)Cc1ccc(Cn2ccccc2=O)cc1. The van der Waals surface area contributed by atoms with E-state index in [2.05, 4.69) is 4.74 Å². The molecular formula is C15H15NO3. The molecule has 0 saturated heterocycles. The van der Waals surface area contributed by atoms with E-state index >= 15 is 0 Å². The van der Waals surface area contributed by atoms with Crippen molar-refractivity contribution >= 4 is 5.97 Å². The van der Waals surface area contributed by atoms with Gasteiger partial charge in [-0.05, 0) is 17.2 Å². The van der Waals surface area contributed by atoms with Crippen molar-refractivity contribution in [3.63, 3.8) is 0 Å². The normalized spacial score (nSPS) is 10.2. The van der Waals surface area contributed by atoms with E-state index in [-0.39, 0.29) is 17.9 Å². The van der Waals surface area contributed by atoms with Crippen LogP contribution in [0.4, 0.5) is 0 Å². The third-order valence-corrected chi connectivity index (χ3v) is 2.85. The van der Waals surface area contributed by atoms with E-state index in [0.29, 0.717) is 6.54 Å². The smallest absolute Gasteiger partial charge is 0.309 e. The lowest BCUT2D eigenvalue weighted by Crippen LogP contribution is -2.18. The predicted octanol–water partition coefficient (Wildman–Crippen LogP) is 1.61. The van der Waals surface area contributed by atoms with Crippen molar-refractivity contribution in [3.8, 4) is 0 Å². The molecule has 0 aliphatic rings. The number of esters is 1. The Morgan fingerprint density at radius 3 is 2.42 bits per heavy atom. The minimum absolute atomic E-state index is 0.0267. The van der Waals surface area contributed by atoms with Gasteiger partial charge in [0, 0.05) is 12.3 Å². The van der Waals surface area contributed by atoms with E-state index < -0.39 is 0 Å². The summed E-state index contributed by atoms with van der Waals surface area (Å²) >= 11 is 0. The maximum atomic E-state index is 11.6. The zero-order valence-electron chi connectivity index (χ0n) is 10.7. The van der Waals surface area contributed by atoms with Crippen LogP contribution >= 0.6 is 0 Å². The van der Waals surface area contributed by atoms with Crippen LogP contribution in [0.2, 0.25) is 0 Å². The number of methoxy groups -OCH3 is 1. The lowest BCUT2D eigenvalue weighted by molar-refractivity contribution is -0.139. The minimum atomic E-state index is -0.257. The van der Waals surface area contributed by atoms with Crippen molar-refractivity contribution in [2.24, 2.45) is 0 Å². The average molecular weight is 257 g/mol. The van der Waals surface area contributed by atoms with Crippen LogP contribution in [0.25, 0.3) is 0 Å². The maximum Gasteiger partial charge on any atom is 0.309 e. The molecule has 0 saturated carbocycles. The summed E-state index contributed by atoms with van der Waals surface area (Å²) < 4.78 is 6.25. The van der Waals surface area contributed by atoms with Crippen LogP contribution in [0.15, 0.2) is 53.5 Å². The van der Waals surface area contributed by atoms with E-state index in [4.69, 9.17) is 0 Å². The summed E-state index contributed by atoms with van der Waals surface area (Å²) in [5, 5.41) is 0. The fraction of sp³-hybridized carbons (Fsp3) is 0.200. The highest BCUT2D eigenvalue weighted by atomic mass is 16.5. The molecule has 1 aromatic heterocycles. The fourth-order valence-corrected chi connectivity index (χ4v) is 1.79. The van der Waals surface area contributed by atoms with Crippen LogP contribution in [-0.2, 0) is 22.5 Å². The first-order valence-electron chi connectivity index (χ1n) is 5.99. The Bertz CT molecular complexity index is 614. The van der Waals surface area contributed by atoms with E-state index in [1.165, 1.54) is 13.2 Å². The molecule has 98 valence electrons. The number of benzene rings is 1. The topological polar surface area (TPSA) is 48.3 Å². The van der Waals surface area contributed by atoms with E-state index in [9.17, 15) is 9.59 Å². The first kappa shape index (κ1) is 13.1. The summed E-state index contributed by atoms with van der Waals surface area (Å²) in [6.07, 6.45) is 2.02. The Kier molecular flexibility index (Phi) is 4.13. The van der Waals surface area contributed by atoms with E-state index in [1.54, 1.807) is 16.8 Å². The van der Waals surface area contributed by atoms with Gasteiger partial charge in [0.05, 0.1) is 20.1 Å². The Hall–Kier alpha value is -2.36. The van der Waals surface area contributed by atoms with Crippen LogP contribution in [-0.4, -0.2) is 17.6 Å². The number of rotatable bonds is 4. The summed E-state index contributed by atoms with van der Waals surface area (Å²) in [6.45, 7) is 0.526. The first-order valence-corrected chi connectivity index (χ1v) is 5.99. The zero-order chi connectivity index (χ0) is 13.7. The lowest BCUT2D eigenvalue weighted by atomic mass is 10.1. The summed E-state index contributed by atoms with van der Waals surface area (Å²) in [7, 11) is 1.37. The molecule has 0 bridgehead atoms. The molecule has 4 heteroatoms. The first-order chi connectivity index (χ1) is 9.19. The van der Waals surface area contributed by atoms with Gasteiger partial charge in [-0.2, -0.15) is 0 Å². The standard InChI is InChI=1S/C15H15NO3/c1-19-15(18)10-12-5-7-13(8-6-12)11-16-9-3-2-4-14(16)17/h2-9H,10-11H2,1H3. The molecule has 0 unspecified atom stereocenters. The van der Waals surface area contributed by atoms with Gasteiger partial charge in [0.15, 0.2) is 0 Å². The molecule has 4 nitrogen and oxygen atoms in total. The van der Waals surface area contributed by atoms with E-state index in [0.717, 1.165) is 11.1 Å². The van der Waals surface area contributed by atoms with Crippen LogP contribution in [0.1, 0.15) is 11.1 Å². The molecule has 0 radical (unpaired) electrons. The second kappa shape index (κ2) is 6.00. The van der Waals surface area contributed by atoms with E-state index in [1.807, 2.05) is 30.3 Å². The molecule has 0 aliphatic carbocycles. The number of nitrogens with zero attached hydrogens (tertiary/aromatic N) is 1. The van der Waals surface area contributed by atoms with Crippen molar-refractivity contribution in [2.45, 2.75) is 13.0 Å². The number of pyridine rings is 1. The molecule has 1 aromatic carbocycles. The number of carbonyl (C=O) groups is 1. The third kappa shape index (κ3) is 3.55. The van der Waals surface area contributed by atoms with Gasteiger partial charge in [-0.1, -0.05) is 30.3 Å². The fourth-order valence-electron chi connectivity index (χ4n) is 1.79. The molecule has 0 aliphatic heterocycles. The Labute approximate surface area is 111 Å². The van der Waals surface area contributed by atoms with Crippen LogP contribution < -0.4 is 5.56 Å². The van der Waals surface area contributed by atoms with Gasteiger partial charge in [0.2, 0.25) is 0 Å². The number of aromatic nitrogens is 1. The minimum Gasteiger partial charge on any atom is -0.469 e. The van der Waals surface area contributed by atoms with Gasteiger partial charge in [-0.25, -0.2) is 0 Å². The van der Waals surface area contributed by atoms with Gasteiger partial charge in [0.25, 0.3) is 5.56 Å². The summed E-state index contributed by atoms with van der Waals surface area (Å²) in [4.78, 5) is 22.7. The second-order valence-electron chi connectivity index (χ2n) is 4.24. The zero-order valence-corrected chi connectivity index (χ0v) is 10.7. The van der Waals surface area contributed by atoms with Crippen LogP contribution in [0.3, 0.4) is 0 Å². The van der Waals surface area contributed by atoms with Crippen molar-refractivity contribution in [3.05, 3.63) is 70.1 Å². The highest BCUT2D eigenvalue weighted by molar-refractivity contribution is 5.72. The Balaban J connectivity index is 2.09. The van der Waals surface area contributed by atoms with Gasteiger partial charge in [0.1, 0.15) is 0 Å². The third-order valence-electron chi connectivity index (χ3n) is 2.85. The summed E-state index contributed by atoms with van der Waals surface area (Å²) in [6, 6.07) is 12.7. The predicted molar refractivity (Wildman–Crippen MR) is 72.0 cm³/mol. The van der Waals surface area contributed by atoms with Crippen molar-refractivity contribution in [1.29, 1.82) is 0 Å². The molecule has 19 heavy (non-hydrogen) atoms. The van der Waals surface area contributed by atoms with Gasteiger partial charge in [-0.3, -0.25) is 9.59 Å². The number of ether oxygens (including phenoxy) is 1. The van der Waals surface area contributed by atoms with Crippen LogP contribution in [0, 0.1) is 0 Å². The van der Waals surface area contributed by atoms with Crippen molar-refractivity contribution in [2.75, 3.05) is 7.11 Å². The van der Waals surface area contributed by atoms with Gasteiger partial charge < -0.3 is 9.30 Å². The maximum absolute atomic E-state index is 11.6. The largest absolute Gasteiger partial charge is 0.469 e. The number of hydrogen-bond acceptors (Lipinski definition) is 3. The van der Waals surface area contributed by atoms with Gasteiger partial charge in [-0.15, -0.1) is 0 Å². The lowest BCUT2D eigenvalue weighted by Gasteiger charge is -2.06. The summed E-state index contributed by atoms with van der Waals surface area (Å²) in [5.74, 6) is -0.257. The molecule has 0 spiro atoms. The molecule has 1 heterocycles.